The molecule has 1 unspecified atom stereocenters. The molecule has 2 N–H and O–H groups in total. The van der Waals surface area contributed by atoms with Gasteiger partial charge in [-0.1, -0.05) is 11.6 Å². The highest BCUT2D eigenvalue weighted by atomic mass is 16.4. The Morgan fingerprint density at radius 2 is 2.20 bits per heavy atom. The zero-order chi connectivity index (χ0) is 14.4. The maximum Gasteiger partial charge on any atom is 0.317 e. The Balaban J connectivity index is 1.71. The second kappa shape index (κ2) is 7.31. The van der Waals surface area contributed by atoms with Crippen molar-refractivity contribution in [2.45, 2.75) is 44.9 Å². The molecule has 0 aromatic carbocycles. The van der Waals surface area contributed by atoms with Crippen molar-refractivity contribution in [1.82, 2.24) is 10.2 Å². The van der Waals surface area contributed by atoms with E-state index in [1.807, 2.05) is 0 Å². The normalized spacial score (nSPS) is 23.1. The van der Waals surface area contributed by atoms with E-state index in [0.29, 0.717) is 26.1 Å². The molecule has 112 valence electrons. The Hall–Kier alpha value is -1.52. The van der Waals surface area contributed by atoms with Crippen molar-refractivity contribution in [1.29, 1.82) is 0 Å². The zero-order valence-corrected chi connectivity index (χ0v) is 11.9. The van der Waals surface area contributed by atoms with E-state index < -0.39 is 11.9 Å². The fraction of sp³-hybridized carbons (Fsp3) is 0.733. The van der Waals surface area contributed by atoms with E-state index in [2.05, 4.69) is 11.4 Å². The highest BCUT2D eigenvalue weighted by Gasteiger charge is 2.27. The van der Waals surface area contributed by atoms with Crippen molar-refractivity contribution in [3.63, 3.8) is 0 Å². The fourth-order valence-corrected chi connectivity index (χ4v) is 2.94. The van der Waals surface area contributed by atoms with Gasteiger partial charge in [-0.25, -0.2) is 4.79 Å². The van der Waals surface area contributed by atoms with E-state index in [1.165, 1.54) is 18.4 Å². The molecule has 0 bridgehead atoms. The topological polar surface area (TPSA) is 69.6 Å². The minimum Gasteiger partial charge on any atom is -0.481 e. The molecule has 0 aromatic heterocycles. The third kappa shape index (κ3) is 4.25. The molecule has 0 saturated carbocycles. The predicted molar refractivity (Wildman–Crippen MR) is 76.5 cm³/mol. The van der Waals surface area contributed by atoms with Crippen molar-refractivity contribution in [2.75, 3.05) is 19.6 Å². The van der Waals surface area contributed by atoms with Gasteiger partial charge in [-0.05, 0) is 44.9 Å². The monoisotopic (exact) mass is 280 g/mol. The number of hydrogen-bond donors (Lipinski definition) is 2. The lowest BCUT2D eigenvalue weighted by atomic mass is 9.97. The average Bonchev–Trinajstić information content (AvgIpc) is 2.48. The Bertz CT molecular complexity index is 393. The van der Waals surface area contributed by atoms with Gasteiger partial charge in [0, 0.05) is 19.6 Å². The van der Waals surface area contributed by atoms with Gasteiger partial charge in [0.25, 0.3) is 0 Å². The lowest BCUT2D eigenvalue weighted by molar-refractivity contribution is -0.143. The molecule has 2 rings (SSSR count). The lowest BCUT2D eigenvalue weighted by Crippen LogP contribution is -2.47. The number of carboxylic acids is 1. The number of rotatable bonds is 4. The summed E-state index contributed by atoms with van der Waals surface area (Å²) in [7, 11) is 0. The summed E-state index contributed by atoms with van der Waals surface area (Å²) >= 11 is 0. The van der Waals surface area contributed by atoms with Crippen molar-refractivity contribution >= 4 is 12.0 Å². The summed E-state index contributed by atoms with van der Waals surface area (Å²) in [5.41, 5.74) is 1.44. The second-order valence-corrected chi connectivity index (χ2v) is 5.71. The summed E-state index contributed by atoms with van der Waals surface area (Å²) < 4.78 is 0. The van der Waals surface area contributed by atoms with Crippen LogP contribution >= 0.6 is 0 Å². The number of hydrogen-bond acceptors (Lipinski definition) is 2. The Morgan fingerprint density at radius 1 is 1.35 bits per heavy atom. The Labute approximate surface area is 120 Å². The number of urea groups is 1. The molecule has 0 radical (unpaired) electrons. The highest BCUT2D eigenvalue weighted by molar-refractivity contribution is 5.76. The van der Waals surface area contributed by atoms with Crippen LogP contribution in [0.3, 0.4) is 0 Å². The summed E-state index contributed by atoms with van der Waals surface area (Å²) in [5.74, 6) is -1.20. The van der Waals surface area contributed by atoms with Crippen LogP contribution in [0.1, 0.15) is 44.9 Å². The van der Waals surface area contributed by atoms with Crippen molar-refractivity contribution < 1.29 is 14.7 Å². The molecule has 1 atom stereocenters. The fourth-order valence-electron chi connectivity index (χ4n) is 2.94. The van der Waals surface area contributed by atoms with Crippen LogP contribution in [0.4, 0.5) is 4.79 Å². The number of piperidine rings is 1. The number of carboxylic acid groups (broad SMARTS) is 1. The van der Waals surface area contributed by atoms with E-state index in [0.717, 1.165) is 25.7 Å². The molecule has 1 aliphatic carbocycles. The first-order valence-electron chi connectivity index (χ1n) is 7.60. The molecule has 1 fully saturated rings. The van der Waals surface area contributed by atoms with Gasteiger partial charge in [0.05, 0.1) is 5.92 Å². The number of aliphatic carboxylic acids is 1. The molecule has 5 nitrogen and oxygen atoms in total. The Kier molecular flexibility index (Phi) is 5.44. The minimum atomic E-state index is -0.796. The van der Waals surface area contributed by atoms with E-state index >= 15 is 0 Å². The molecular weight excluding hydrogens is 256 g/mol. The van der Waals surface area contributed by atoms with Crippen molar-refractivity contribution in [3.05, 3.63) is 11.6 Å². The number of amides is 2. The van der Waals surface area contributed by atoms with Gasteiger partial charge < -0.3 is 15.3 Å². The Morgan fingerprint density at radius 3 is 2.90 bits per heavy atom. The van der Waals surface area contributed by atoms with Crippen molar-refractivity contribution in [3.8, 4) is 0 Å². The minimum absolute atomic E-state index is 0.118. The summed E-state index contributed by atoms with van der Waals surface area (Å²) in [5, 5.41) is 11.9. The van der Waals surface area contributed by atoms with Gasteiger partial charge in [0.2, 0.25) is 0 Å². The van der Waals surface area contributed by atoms with E-state index in [4.69, 9.17) is 5.11 Å². The smallest absolute Gasteiger partial charge is 0.317 e. The quantitative estimate of drug-likeness (QED) is 0.777. The molecule has 20 heavy (non-hydrogen) atoms. The molecule has 2 amide bonds. The average molecular weight is 280 g/mol. The van der Waals surface area contributed by atoms with Crippen LogP contribution in [0.5, 0.6) is 0 Å². The van der Waals surface area contributed by atoms with Gasteiger partial charge in [0.15, 0.2) is 0 Å². The van der Waals surface area contributed by atoms with Crippen LogP contribution < -0.4 is 5.32 Å². The lowest BCUT2D eigenvalue weighted by Gasteiger charge is -2.30. The van der Waals surface area contributed by atoms with Crippen LogP contribution in [-0.4, -0.2) is 41.6 Å². The van der Waals surface area contributed by atoms with Crippen molar-refractivity contribution in [2.24, 2.45) is 5.92 Å². The summed E-state index contributed by atoms with van der Waals surface area (Å²) in [6.07, 6.45) is 9.50. The molecule has 0 aromatic rings. The molecule has 2 aliphatic rings. The molecule has 5 heteroatoms. The van der Waals surface area contributed by atoms with Gasteiger partial charge in [0.1, 0.15) is 0 Å². The third-order valence-electron chi connectivity index (χ3n) is 4.17. The third-order valence-corrected chi connectivity index (χ3v) is 4.17. The molecule has 0 spiro atoms. The highest BCUT2D eigenvalue weighted by Crippen LogP contribution is 2.20. The molecule has 1 saturated heterocycles. The van der Waals surface area contributed by atoms with Gasteiger partial charge in [-0.2, -0.15) is 0 Å². The molecular formula is C15H24N2O3. The van der Waals surface area contributed by atoms with Gasteiger partial charge in [-0.3, -0.25) is 4.79 Å². The largest absolute Gasteiger partial charge is 0.481 e. The number of carbonyl (C=O) groups is 2. The van der Waals surface area contributed by atoms with Crippen LogP contribution in [0.2, 0.25) is 0 Å². The van der Waals surface area contributed by atoms with Crippen LogP contribution in [0.15, 0.2) is 11.6 Å². The first kappa shape index (κ1) is 14.9. The van der Waals surface area contributed by atoms with E-state index in [9.17, 15) is 9.59 Å². The standard InChI is InChI=1S/C15H24N2O3/c18-14(19)13-7-4-10-17(11-13)15(20)16-9-8-12-5-2-1-3-6-12/h5,13H,1-4,6-11H2,(H,16,20)(H,18,19). The summed E-state index contributed by atoms with van der Waals surface area (Å²) in [6, 6.07) is -0.118. The maximum absolute atomic E-state index is 12.0. The number of nitrogens with zero attached hydrogens (tertiary/aromatic N) is 1. The van der Waals surface area contributed by atoms with Crippen LogP contribution in [0.25, 0.3) is 0 Å². The van der Waals surface area contributed by atoms with Crippen LogP contribution in [-0.2, 0) is 4.79 Å². The second-order valence-electron chi connectivity index (χ2n) is 5.71. The first-order chi connectivity index (χ1) is 9.66. The number of likely N-dealkylation sites (tertiary alicyclic amines) is 1. The van der Waals surface area contributed by atoms with Crippen LogP contribution in [0, 0.1) is 5.92 Å². The summed E-state index contributed by atoms with van der Waals surface area (Å²) in [4.78, 5) is 24.6. The molecule has 1 heterocycles. The SMILES string of the molecule is O=C(O)C1CCCN(C(=O)NCCC2=CCCCC2)C1. The van der Waals surface area contributed by atoms with E-state index in [-0.39, 0.29) is 6.03 Å². The zero-order valence-electron chi connectivity index (χ0n) is 11.9. The predicted octanol–water partition coefficient (Wildman–Crippen LogP) is 2.38. The number of allylic oxidation sites excluding steroid dienone is 1. The number of carbonyl (C=O) groups excluding carboxylic acids is 1. The maximum atomic E-state index is 12.0. The van der Waals surface area contributed by atoms with E-state index in [1.54, 1.807) is 4.90 Å². The number of nitrogens with one attached hydrogen (secondary N) is 1. The summed E-state index contributed by atoms with van der Waals surface area (Å²) in [6.45, 7) is 1.65. The van der Waals surface area contributed by atoms with Gasteiger partial charge >= 0.3 is 12.0 Å². The first-order valence-corrected chi connectivity index (χ1v) is 7.60. The molecule has 1 aliphatic heterocycles. The van der Waals surface area contributed by atoms with Gasteiger partial charge in [-0.15, -0.1) is 0 Å².